The van der Waals surface area contributed by atoms with Gasteiger partial charge in [0.15, 0.2) is 0 Å². The lowest BCUT2D eigenvalue weighted by atomic mass is 10.1. The second-order valence-electron chi connectivity index (χ2n) is 6.71. The summed E-state index contributed by atoms with van der Waals surface area (Å²) in [6.45, 7) is 2.62. The Hall–Kier alpha value is -2.08. The standard InChI is InChI=1S/C19H21FN2O2S/c20-17-5-3-15(4-6-17)14-25(23,24)22-12-9-16-13-18(7-8-19(16)22)21-10-1-2-11-21/h3-8,13H,1-2,9-12,14H2. The quantitative estimate of drug-likeness (QED) is 0.840. The van der Waals surface area contributed by atoms with Crippen LogP contribution >= 0.6 is 0 Å². The molecule has 0 aliphatic carbocycles. The first kappa shape index (κ1) is 16.4. The fraction of sp³-hybridized carbons (Fsp3) is 0.368. The van der Waals surface area contributed by atoms with Crippen molar-refractivity contribution in [3.8, 4) is 0 Å². The van der Waals surface area contributed by atoms with Crippen molar-refractivity contribution >= 4 is 21.4 Å². The van der Waals surface area contributed by atoms with Crippen molar-refractivity contribution in [3.05, 3.63) is 59.4 Å². The lowest BCUT2D eigenvalue weighted by Crippen LogP contribution is -2.30. The summed E-state index contributed by atoms with van der Waals surface area (Å²) in [7, 11) is -3.47. The highest BCUT2D eigenvalue weighted by molar-refractivity contribution is 7.92. The van der Waals surface area contributed by atoms with Gasteiger partial charge < -0.3 is 4.90 Å². The summed E-state index contributed by atoms with van der Waals surface area (Å²) >= 11 is 0. The molecule has 0 N–H and O–H groups in total. The van der Waals surface area contributed by atoms with Gasteiger partial charge in [-0.05, 0) is 60.7 Å². The first-order chi connectivity index (χ1) is 12.0. The molecule has 2 heterocycles. The first-order valence-corrected chi connectivity index (χ1v) is 10.3. The number of benzene rings is 2. The number of halogens is 1. The van der Waals surface area contributed by atoms with Crippen LogP contribution in [0.25, 0.3) is 0 Å². The number of fused-ring (bicyclic) bond motifs is 1. The molecular formula is C19H21FN2O2S. The summed E-state index contributed by atoms with van der Waals surface area (Å²) < 4.78 is 40.1. The third-order valence-corrected chi connectivity index (χ3v) is 6.73. The largest absolute Gasteiger partial charge is 0.372 e. The predicted molar refractivity (Wildman–Crippen MR) is 98.0 cm³/mol. The summed E-state index contributed by atoms with van der Waals surface area (Å²) in [6.07, 6.45) is 3.17. The summed E-state index contributed by atoms with van der Waals surface area (Å²) in [5, 5.41) is 0. The third kappa shape index (κ3) is 3.23. The lowest BCUT2D eigenvalue weighted by molar-refractivity contribution is 0.591. The zero-order chi connectivity index (χ0) is 17.4. The normalized spacial score (nSPS) is 17.2. The Morgan fingerprint density at radius 3 is 2.40 bits per heavy atom. The molecule has 1 fully saturated rings. The van der Waals surface area contributed by atoms with Gasteiger partial charge >= 0.3 is 0 Å². The van der Waals surface area contributed by atoms with E-state index < -0.39 is 10.0 Å². The number of anilines is 2. The second kappa shape index (κ2) is 6.33. The minimum atomic E-state index is -3.47. The molecule has 2 aliphatic heterocycles. The van der Waals surface area contributed by atoms with E-state index in [2.05, 4.69) is 11.0 Å². The van der Waals surface area contributed by atoms with Crippen LogP contribution in [0.5, 0.6) is 0 Å². The van der Waals surface area contributed by atoms with Gasteiger partial charge in [-0.25, -0.2) is 12.8 Å². The molecule has 0 atom stereocenters. The van der Waals surface area contributed by atoms with Gasteiger partial charge in [0.2, 0.25) is 10.0 Å². The van der Waals surface area contributed by atoms with E-state index in [1.54, 1.807) is 0 Å². The monoisotopic (exact) mass is 360 g/mol. The van der Waals surface area contributed by atoms with E-state index in [9.17, 15) is 12.8 Å². The number of hydrogen-bond acceptors (Lipinski definition) is 3. The predicted octanol–water partition coefficient (Wildman–Crippen LogP) is 3.32. The van der Waals surface area contributed by atoms with E-state index in [-0.39, 0.29) is 11.6 Å². The van der Waals surface area contributed by atoms with E-state index >= 15 is 0 Å². The highest BCUT2D eigenvalue weighted by Gasteiger charge is 2.30. The number of rotatable bonds is 4. The first-order valence-electron chi connectivity index (χ1n) is 8.66. The van der Waals surface area contributed by atoms with Gasteiger partial charge in [-0.15, -0.1) is 0 Å². The molecule has 1 saturated heterocycles. The fourth-order valence-corrected chi connectivity index (χ4v) is 5.30. The molecule has 6 heteroatoms. The number of sulfonamides is 1. The minimum Gasteiger partial charge on any atom is -0.372 e. The molecule has 0 bridgehead atoms. The van der Waals surface area contributed by atoms with E-state index in [0.717, 1.165) is 30.8 Å². The molecule has 0 amide bonds. The average molecular weight is 360 g/mol. The van der Waals surface area contributed by atoms with Gasteiger partial charge in [0.25, 0.3) is 0 Å². The van der Waals surface area contributed by atoms with E-state index in [1.165, 1.54) is 47.1 Å². The van der Waals surface area contributed by atoms with Crippen molar-refractivity contribution in [2.24, 2.45) is 0 Å². The Morgan fingerprint density at radius 2 is 1.68 bits per heavy atom. The van der Waals surface area contributed by atoms with E-state index in [0.29, 0.717) is 12.1 Å². The molecule has 0 spiro atoms. The Kier molecular flexibility index (Phi) is 4.15. The SMILES string of the molecule is O=S(=O)(Cc1ccc(F)cc1)N1CCc2cc(N3CCCC3)ccc21. The van der Waals surface area contributed by atoms with Crippen LogP contribution < -0.4 is 9.21 Å². The maximum atomic E-state index is 13.0. The average Bonchev–Trinajstić information content (AvgIpc) is 3.25. The molecule has 4 rings (SSSR count). The molecule has 0 aromatic heterocycles. The van der Waals surface area contributed by atoms with Crippen molar-refractivity contribution in [3.63, 3.8) is 0 Å². The zero-order valence-electron chi connectivity index (χ0n) is 14.0. The maximum absolute atomic E-state index is 13.0. The van der Waals surface area contributed by atoms with Gasteiger partial charge in [0.1, 0.15) is 5.82 Å². The van der Waals surface area contributed by atoms with Gasteiger partial charge in [-0.2, -0.15) is 0 Å². The smallest absolute Gasteiger partial charge is 0.239 e. The lowest BCUT2D eigenvalue weighted by Gasteiger charge is -2.22. The molecule has 132 valence electrons. The van der Waals surface area contributed by atoms with Crippen LogP contribution in [0, 0.1) is 5.82 Å². The van der Waals surface area contributed by atoms with Gasteiger partial charge in [-0.3, -0.25) is 4.31 Å². The molecule has 0 radical (unpaired) electrons. The fourth-order valence-electron chi connectivity index (χ4n) is 3.69. The molecule has 2 aromatic carbocycles. The van der Waals surface area contributed by atoms with Crippen LogP contribution in [0.2, 0.25) is 0 Å². The molecule has 4 nitrogen and oxygen atoms in total. The van der Waals surface area contributed by atoms with Crippen LogP contribution in [-0.2, 0) is 22.2 Å². The maximum Gasteiger partial charge on any atom is 0.239 e. The molecule has 2 aromatic rings. The second-order valence-corrected chi connectivity index (χ2v) is 8.61. The van der Waals surface area contributed by atoms with Gasteiger partial charge in [0, 0.05) is 25.3 Å². The van der Waals surface area contributed by atoms with Crippen molar-refractivity contribution in [2.75, 3.05) is 28.8 Å². The van der Waals surface area contributed by atoms with Gasteiger partial charge in [-0.1, -0.05) is 12.1 Å². The van der Waals surface area contributed by atoms with Crippen molar-refractivity contribution in [2.45, 2.75) is 25.0 Å². The minimum absolute atomic E-state index is 0.111. The Labute approximate surface area is 147 Å². The van der Waals surface area contributed by atoms with Crippen LogP contribution in [0.4, 0.5) is 15.8 Å². The highest BCUT2D eigenvalue weighted by atomic mass is 32.2. The Morgan fingerprint density at radius 1 is 0.960 bits per heavy atom. The van der Waals surface area contributed by atoms with E-state index in [1.807, 2.05) is 12.1 Å². The van der Waals surface area contributed by atoms with Crippen molar-refractivity contribution in [1.29, 1.82) is 0 Å². The number of hydrogen-bond donors (Lipinski definition) is 0. The van der Waals surface area contributed by atoms with Crippen LogP contribution in [0.15, 0.2) is 42.5 Å². The Balaban J connectivity index is 1.57. The van der Waals surface area contributed by atoms with Gasteiger partial charge in [0.05, 0.1) is 11.4 Å². The summed E-state index contributed by atoms with van der Waals surface area (Å²) in [5.41, 5.74) is 3.66. The van der Waals surface area contributed by atoms with Crippen LogP contribution in [0.1, 0.15) is 24.0 Å². The molecule has 2 aliphatic rings. The van der Waals surface area contributed by atoms with Crippen molar-refractivity contribution in [1.82, 2.24) is 0 Å². The molecule has 0 saturated carbocycles. The van der Waals surface area contributed by atoms with E-state index in [4.69, 9.17) is 0 Å². The number of nitrogens with zero attached hydrogens (tertiary/aromatic N) is 2. The topological polar surface area (TPSA) is 40.6 Å². The summed E-state index contributed by atoms with van der Waals surface area (Å²) in [5.74, 6) is -0.470. The molecule has 0 unspecified atom stereocenters. The third-order valence-electron chi connectivity index (χ3n) is 4.99. The summed E-state index contributed by atoms with van der Waals surface area (Å²) in [4.78, 5) is 2.36. The van der Waals surface area contributed by atoms with Crippen LogP contribution in [-0.4, -0.2) is 28.1 Å². The zero-order valence-corrected chi connectivity index (χ0v) is 14.8. The van der Waals surface area contributed by atoms with Crippen LogP contribution in [0.3, 0.4) is 0 Å². The highest BCUT2D eigenvalue weighted by Crippen LogP contribution is 2.35. The molecular weight excluding hydrogens is 339 g/mol. The Bertz CT molecular complexity index is 875. The summed E-state index contributed by atoms with van der Waals surface area (Å²) in [6, 6.07) is 11.7. The molecule has 25 heavy (non-hydrogen) atoms. The van der Waals surface area contributed by atoms with Crippen molar-refractivity contribution < 1.29 is 12.8 Å².